The van der Waals surface area contributed by atoms with Crippen LogP contribution in [0.3, 0.4) is 0 Å². The van der Waals surface area contributed by atoms with Crippen molar-refractivity contribution in [1.29, 1.82) is 0 Å². The summed E-state index contributed by atoms with van der Waals surface area (Å²) in [5.74, 6) is -0.0613. The Labute approximate surface area is 122 Å². The number of ether oxygens (including phenoxy) is 1. The fraction of sp³-hybridized carbons (Fsp3) is 0.667. The van der Waals surface area contributed by atoms with Gasteiger partial charge in [0, 0.05) is 18.0 Å². The zero-order valence-corrected chi connectivity index (χ0v) is 13.2. The Morgan fingerprint density at radius 2 is 2.15 bits per heavy atom. The first-order valence-corrected chi connectivity index (χ1v) is 9.16. The van der Waals surface area contributed by atoms with Gasteiger partial charge < -0.3 is 9.64 Å². The highest BCUT2D eigenvalue weighted by molar-refractivity contribution is 7.91. The molecule has 2 heterocycles. The van der Waals surface area contributed by atoms with E-state index in [9.17, 15) is 13.2 Å². The lowest BCUT2D eigenvalue weighted by atomic mass is 10.4. The van der Waals surface area contributed by atoms with Crippen LogP contribution in [0.2, 0.25) is 0 Å². The van der Waals surface area contributed by atoms with Gasteiger partial charge in [0.15, 0.2) is 20.7 Å². The number of hydrogen-bond acceptors (Lipinski definition) is 7. The summed E-state index contributed by atoms with van der Waals surface area (Å²) in [5.41, 5.74) is 0.332. The van der Waals surface area contributed by atoms with E-state index < -0.39 is 15.8 Å². The minimum atomic E-state index is -2.94. The van der Waals surface area contributed by atoms with Gasteiger partial charge in [-0.25, -0.2) is 18.2 Å². The Morgan fingerprint density at radius 3 is 2.85 bits per heavy atom. The monoisotopic (exact) mass is 318 g/mol. The lowest BCUT2D eigenvalue weighted by Gasteiger charge is -2.17. The van der Waals surface area contributed by atoms with Gasteiger partial charge in [0.1, 0.15) is 0 Å². The molecule has 1 aromatic heterocycles. The lowest BCUT2D eigenvalue weighted by molar-refractivity contribution is 0.0519. The first-order chi connectivity index (χ1) is 9.43. The third-order valence-electron chi connectivity index (χ3n) is 3.08. The maximum Gasteiger partial charge on any atom is 0.358 e. The number of esters is 1. The molecule has 0 bridgehead atoms. The smallest absolute Gasteiger partial charge is 0.358 e. The van der Waals surface area contributed by atoms with E-state index in [2.05, 4.69) is 4.98 Å². The number of aryl methyl sites for hydroxylation is 1. The van der Waals surface area contributed by atoms with Crippen molar-refractivity contribution in [2.24, 2.45) is 0 Å². The molecule has 0 N–H and O–H groups in total. The predicted octanol–water partition coefficient (Wildman–Crippen LogP) is 1.25. The second-order valence-electron chi connectivity index (χ2n) is 4.61. The molecule has 8 heteroatoms. The molecule has 6 nitrogen and oxygen atoms in total. The van der Waals surface area contributed by atoms with Crippen LogP contribution in [0.15, 0.2) is 0 Å². The molecule has 0 atom stereocenters. The molecule has 0 unspecified atom stereocenters. The molecule has 20 heavy (non-hydrogen) atoms. The molecule has 0 aliphatic carbocycles. The van der Waals surface area contributed by atoms with E-state index in [1.165, 1.54) is 11.3 Å². The van der Waals surface area contributed by atoms with Crippen LogP contribution in [0.4, 0.5) is 5.13 Å². The van der Waals surface area contributed by atoms with Gasteiger partial charge in [-0.3, -0.25) is 0 Å². The highest BCUT2D eigenvalue weighted by Gasteiger charge is 2.24. The number of nitrogens with zero attached hydrogens (tertiary/aromatic N) is 2. The number of anilines is 1. The van der Waals surface area contributed by atoms with Crippen LogP contribution in [0.1, 0.15) is 28.7 Å². The van der Waals surface area contributed by atoms with Crippen molar-refractivity contribution in [2.45, 2.75) is 20.3 Å². The summed E-state index contributed by atoms with van der Waals surface area (Å²) in [5, 5.41) is 0.697. The van der Waals surface area contributed by atoms with E-state index in [0.717, 1.165) is 4.88 Å². The first kappa shape index (κ1) is 15.2. The molecule has 1 aromatic rings. The Bertz CT molecular complexity index is 595. The Kier molecular flexibility index (Phi) is 4.64. The molecule has 0 amide bonds. The predicted molar refractivity (Wildman–Crippen MR) is 78.3 cm³/mol. The zero-order valence-electron chi connectivity index (χ0n) is 11.6. The van der Waals surface area contributed by atoms with Crippen molar-refractivity contribution in [3.8, 4) is 0 Å². The quantitative estimate of drug-likeness (QED) is 0.781. The summed E-state index contributed by atoms with van der Waals surface area (Å²) in [4.78, 5) is 18.8. The molecule has 2 rings (SSSR count). The highest BCUT2D eigenvalue weighted by Crippen LogP contribution is 2.27. The van der Waals surface area contributed by atoms with E-state index in [1.807, 2.05) is 11.8 Å². The third-order valence-corrected chi connectivity index (χ3v) is 5.83. The number of sulfone groups is 1. The fourth-order valence-corrected chi connectivity index (χ4v) is 4.26. The Morgan fingerprint density at radius 1 is 1.40 bits per heavy atom. The van der Waals surface area contributed by atoms with Crippen LogP contribution < -0.4 is 4.90 Å². The maximum atomic E-state index is 11.7. The highest BCUT2D eigenvalue weighted by atomic mass is 32.2. The van der Waals surface area contributed by atoms with E-state index in [4.69, 9.17) is 4.74 Å². The molecule has 0 saturated carbocycles. The molecule has 0 aromatic carbocycles. The fourth-order valence-electron chi connectivity index (χ4n) is 2.04. The van der Waals surface area contributed by atoms with E-state index in [0.29, 0.717) is 36.9 Å². The number of aromatic nitrogens is 1. The molecular weight excluding hydrogens is 300 g/mol. The summed E-state index contributed by atoms with van der Waals surface area (Å²) in [6, 6.07) is 0. The average Bonchev–Trinajstić information content (AvgIpc) is 2.66. The van der Waals surface area contributed by atoms with Crippen molar-refractivity contribution >= 4 is 32.3 Å². The first-order valence-electron chi connectivity index (χ1n) is 6.53. The largest absolute Gasteiger partial charge is 0.461 e. The van der Waals surface area contributed by atoms with Crippen molar-refractivity contribution in [2.75, 3.05) is 36.1 Å². The van der Waals surface area contributed by atoms with Crippen molar-refractivity contribution in [3.05, 3.63) is 10.6 Å². The summed E-state index contributed by atoms with van der Waals surface area (Å²) in [6.07, 6.45) is 0.593. The van der Waals surface area contributed by atoms with Crippen LogP contribution in [0, 0.1) is 6.92 Å². The molecule has 0 spiro atoms. The van der Waals surface area contributed by atoms with E-state index >= 15 is 0 Å². The minimum absolute atomic E-state index is 0.139. The average molecular weight is 318 g/mol. The standard InChI is InChI=1S/C12H18N2O4S2/c1-3-18-11(15)10-9(2)19-12(13-10)14-5-4-7-20(16,17)8-6-14/h3-8H2,1-2H3. The van der Waals surface area contributed by atoms with E-state index in [-0.39, 0.29) is 11.5 Å². The van der Waals surface area contributed by atoms with Gasteiger partial charge in [-0.15, -0.1) is 11.3 Å². The molecule has 0 radical (unpaired) electrons. The molecule has 1 saturated heterocycles. The van der Waals surface area contributed by atoms with Gasteiger partial charge in [0.25, 0.3) is 0 Å². The molecule has 1 aliphatic heterocycles. The number of carbonyl (C=O) groups excluding carboxylic acids is 1. The van der Waals surface area contributed by atoms with Gasteiger partial charge in [-0.2, -0.15) is 0 Å². The topological polar surface area (TPSA) is 76.6 Å². The van der Waals surface area contributed by atoms with Gasteiger partial charge in [-0.05, 0) is 20.3 Å². The van der Waals surface area contributed by atoms with Crippen LogP contribution in [0.5, 0.6) is 0 Å². The van der Waals surface area contributed by atoms with E-state index in [1.54, 1.807) is 6.92 Å². The third kappa shape index (κ3) is 3.49. The summed E-state index contributed by atoms with van der Waals surface area (Å²) < 4.78 is 28.1. The normalized spacial score (nSPS) is 18.6. The molecule has 1 fully saturated rings. The van der Waals surface area contributed by atoms with Crippen LogP contribution in [0.25, 0.3) is 0 Å². The van der Waals surface area contributed by atoms with Gasteiger partial charge in [0.2, 0.25) is 0 Å². The SMILES string of the molecule is CCOC(=O)c1nc(N2CCCS(=O)(=O)CC2)sc1C. The second-order valence-corrected chi connectivity index (χ2v) is 8.10. The zero-order chi connectivity index (χ0) is 14.8. The number of hydrogen-bond donors (Lipinski definition) is 0. The second kappa shape index (κ2) is 6.09. The van der Waals surface area contributed by atoms with Crippen LogP contribution in [-0.4, -0.2) is 50.6 Å². The maximum absolute atomic E-state index is 11.7. The van der Waals surface area contributed by atoms with Gasteiger partial charge in [-0.1, -0.05) is 0 Å². The molecular formula is C12H18N2O4S2. The van der Waals surface area contributed by atoms with Crippen LogP contribution >= 0.6 is 11.3 Å². The van der Waals surface area contributed by atoms with Crippen molar-refractivity contribution in [3.63, 3.8) is 0 Å². The number of rotatable bonds is 3. The number of carbonyl (C=O) groups is 1. The minimum Gasteiger partial charge on any atom is -0.461 e. The van der Waals surface area contributed by atoms with Gasteiger partial charge in [0.05, 0.1) is 18.1 Å². The van der Waals surface area contributed by atoms with Crippen molar-refractivity contribution < 1.29 is 17.9 Å². The summed E-state index contributed by atoms with van der Waals surface area (Å²) in [7, 11) is -2.94. The Hall–Kier alpha value is -1.15. The Balaban J connectivity index is 2.17. The molecule has 1 aliphatic rings. The van der Waals surface area contributed by atoms with Crippen LogP contribution in [-0.2, 0) is 14.6 Å². The number of thiazole rings is 1. The van der Waals surface area contributed by atoms with Gasteiger partial charge >= 0.3 is 5.97 Å². The van der Waals surface area contributed by atoms with Crippen molar-refractivity contribution in [1.82, 2.24) is 4.98 Å². The summed E-state index contributed by atoms with van der Waals surface area (Å²) >= 11 is 1.40. The molecule has 112 valence electrons. The lowest BCUT2D eigenvalue weighted by Crippen LogP contribution is -2.26. The summed E-state index contributed by atoms with van der Waals surface area (Å²) in [6.45, 7) is 4.96.